The predicted octanol–water partition coefficient (Wildman–Crippen LogP) is 3.49. The molecule has 34 heavy (non-hydrogen) atoms. The number of rotatable bonds is 3. The first-order chi connectivity index (χ1) is 16.4. The number of amides is 1. The molecule has 6 atom stereocenters. The van der Waals surface area contributed by atoms with Gasteiger partial charge >= 0.3 is 6.18 Å². The van der Waals surface area contributed by atoms with Gasteiger partial charge in [0, 0.05) is 36.6 Å². The van der Waals surface area contributed by atoms with Crippen LogP contribution in [0.2, 0.25) is 0 Å². The minimum Gasteiger partial charge on any atom is -0.338 e. The minimum absolute atomic E-state index is 0.0133. The Labute approximate surface area is 200 Å². The van der Waals surface area contributed by atoms with Crippen molar-refractivity contribution in [3.8, 4) is 0 Å². The van der Waals surface area contributed by atoms with E-state index >= 15 is 0 Å². The van der Waals surface area contributed by atoms with E-state index in [2.05, 4.69) is 21.3 Å². The Morgan fingerprint density at radius 3 is 2.12 bits per heavy atom. The van der Waals surface area contributed by atoms with E-state index in [9.17, 15) is 18.0 Å². The van der Waals surface area contributed by atoms with Gasteiger partial charge in [-0.1, -0.05) is 12.8 Å². The van der Waals surface area contributed by atoms with Crippen molar-refractivity contribution in [3.05, 3.63) is 0 Å². The van der Waals surface area contributed by atoms with E-state index < -0.39 is 18.3 Å². The number of nitrogens with zero attached hydrogens (tertiary/aromatic N) is 2. The summed E-state index contributed by atoms with van der Waals surface area (Å²) in [6.45, 7) is 0.716. The molecule has 6 fully saturated rings. The number of halogens is 3. The lowest BCUT2D eigenvalue weighted by Crippen LogP contribution is -2.64. The van der Waals surface area contributed by atoms with Crippen molar-refractivity contribution in [1.29, 1.82) is 0 Å². The van der Waals surface area contributed by atoms with Crippen molar-refractivity contribution in [3.63, 3.8) is 0 Å². The molecule has 0 aromatic carbocycles. The highest BCUT2D eigenvalue weighted by Gasteiger charge is 2.54. The number of piperidine rings is 1. The van der Waals surface area contributed by atoms with E-state index in [0.717, 1.165) is 37.5 Å². The van der Waals surface area contributed by atoms with Crippen LogP contribution in [0.3, 0.4) is 0 Å². The molecule has 3 aliphatic heterocycles. The van der Waals surface area contributed by atoms with E-state index in [4.69, 9.17) is 0 Å². The van der Waals surface area contributed by atoms with Crippen LogP contribution in [0.15, 0.2) is 0 Å². The van der Waals surface area contributed by atoms with Gasteiger partial charge < -0.3 is 4.90 Å². The van der Waals surface area contributed by atoms with Gasteiger partial charge in [-0.3, -0.25) is 10.2 Å². The van der Waals surface area contributed by atoms with Gasteiger partial charge in [0.15, 0.2) is 0 Å². The fourth-order valence-corrected chi connectivity index (χ4v) is 8.03. The smallest absolute Gasteiger partial charge is 0.338 e. The maximum absolute atomic E-state index is 13.5. The van der Waals surface area contributed by atoms with Crippen LogP contribution in [-0.2, 0) is 4.79 Å². The Morgan fingerprint density at radius 2 is 1.47 bits per heavy atom. The van der Waals surface area contributed by atoms with E-state index in [0.29, 0.717) is 30.6 Å². The van der Waals surface area contributed by atoms with Crippen LogP contribution in [0.4, 0.5) is 13.2 Å². The van der Waals surface area contributed by atoms with E-state index in [1.165, 1.54) is 44.9 Å². The molecule has 3 saturated carbocycles. The molecule has 6 nitrogen and oxygen atoms in total. The fourth-order valence-electron chi connectivity index (χ4n) is 8.03. The minimum atomic E-state index is -4.29. The molecule has 5 unspecified atom stereocenters. The number of hydrazine groups is 2. The third kappa shape index (κ3) is 4.39. The quantitative estimate of drug-likeness (QED) is 0.574. The van der Waals surface area contributed by atoms with Gasteiger partial charge in [-0.15, -0.1) is 0 Å². The summed E-state index contributed by atoms with van der Waals surface area (Å²) in [5.74, 6) is 2.37. The fraction of sp³-hybridized carbons (Fsp3) is 0.960. The number of carbonyl (C=O) groups is 1. The summed E-state index contributed by atoms with van der Waals surface area (Å²) < 4.78 is 39.1. The van der Waals surface area contributed by atoms with Crippen molar-refractivity contribution in [1.82, 2.24) is 26.2 Å². The van der Waals surface area contributed by atoms with Crippen LogP contribution in [0, 0.1) is 17.8 Å². The third-order valence-corrected chi connectivity index (χ3v) is 9.93. The lowest BCUT2D eigenvalue weighted by molar-refractivity contribution is -0.168. The van der Waals surface area contributed by atoms with Gasteiger partial charge in [0.1, 0.15) is 12.1 Å². The molecule has 3 aliphatic carbocycles. The van der Waals surface area contributed by atoms with E-state index in [-0.39, 0.29) is 24.8 Å². The second kappa shape index (κ2) is 9.20. The van der Waals surface area contributed by atoms with Gasteiger partial charge in [0.25, 0.3) is 0 Å². The second-order valence-corrected chi connectivity index (χ2v) is 11.9. The SMILES string of the molecule is O=C(C1CCC(C(F)(F)F)NN1)N1CCC2C3C(CCCC[C@@H]31)NN2C1CCC(C2CC2)CC1. The molecule has 0 bridgehead atoms. The summed E-state index contributed by atoms with van der Waals surface area (Å²) in [5, 5.41) is 2.62. The standard InChI is InChI=1S/C25H40F3N5O/c26-25(27,28)22-12-11-19(29-30-22)24(34)32-14-13-21-23-18(3-1-2-4-20(23)32)31-33(21)17-9-7-16(8-10-17)15-5-6-15/h15-23,29-31H,1-14H2/t16?,17?,18?,19?,20-,21?,22?,23?/m0/s1. The lowest BCUT2D eigenvalue weighted by Gasteiger charge is -2.47. The Balaban J connectivity index is 1.12. The summed E-state index contributed by atoms with van der Waals surface area (Å²) in [7, 11) is 0. The summed E-state index contributed by atoms with van der Waals surface area (Å²) in [5.41, 5.74) is 9.02. The molecule has 3 N–H and O–H groups in total. The van der Waals surface area contributed by atoms with Crippen LogP contribution < -0.4 is 16.3 Å². The molecule has 6 rings (SSSR count). The Morgan fingerprint density at radius 1 is 0.765 bits per heavy atom. The highest BCUT2D eigenvalue weighted by atomic mass is 19.4. The summed E-state index contributed by atoms with van der Waals surface area (Å²) in [6.07, 6.45) is 9.50. The van der Waals surface area contributed by atoms with Crippen LogP contribution >= 0.6 is 0 Å². The molecule has 6 aliphatic rings. The molecule has 0 aromatic heterocycles. The number of hydrogen-bond donors (Lipinski definition) is 3. The third-order valence-electron chi connectivity index (χ3n) is 9.93. The Bertz CT molecular complexity index is 745. The lowest BCUT2D eigenvalue weighted by atomic mass is 9.78. The van der Waals surface area contributed by atoms with E-state index in [1.54, 1.807) is 0 Å². The van der Waals surface area contributed by atoms with Gasteiger partial charge in [-0.25, -0.2) is 15.9 Å². The number of nitrogens with one attached hydrogen (secondary N) is 3. The van der Waals surface area contributed by atoms with Crippen LogP contribution in [0.1, 0.15) is 83.5 Å². The van der Waals surface area contributed by atoms with Gasteiger partial charge in [-0.05, 0) is 82.5 Å². The van der Waals surface area contributed by atoms with E-state index in [1.807, 2.05) is 4.90 Å². The van der Waals surface area contributed by atoms with Gasteiger partial charge in [-0.2, -0.15) is 13.2 Å². The normalized spacial score (nSPS) is 43.9. The predicted molar refractivity (Wildman–Crippen MR) is 122 cm³/mol. The van der Waals surface area contributed by atoms with Gasteiger partial charge in [0.05, 0.1) is 0 Å². The number of carbonyl (C=O) groups excluding carboxylic acids is 1. The zero-order valence-corrected chi connectivity index (χ0v) is 20.0. The zero-order chi connectivity index (χ0) is 23.4. The van der Waals surface area contributed by atoms with Gasteiger partial charge in [0.2, 0.25) is 5.91 Å². The average molecular weight is 484 g/mol. The molecule has 1 amide bonds. The molecule has 0 radical (unpaired) electrons. The number of alkyl halides is 3. The second-order valence-electron chi connectivity index (χ2n) is 11.9. The average Bonchev–Trinajstić information content (AvgIpc) is 3.65. The molecular formula is C25H40F3N5O. The summed E-state index contributed by atoms with van der Waals surface area (Å²) >= 11 is 0. The summed E-state index contributed by atoms with van der Waals surface area (Å²) in [4.78, 5) is 15.6. The molecule has 9 heteroatoms. The van der Waals surface area contributed by atoms with Crippen molar-refractivity contribution in [2.75, 3.05) is 6.54 Å². The molecule has 192 valence electrons. The molecule has 0 spiro atoms. The van der Waals surface area contributed by atoms with Crippen LogP contribution in [-0.4, -0.2) is 64.8 Å². The maximum atomic E-state index is 13.5. The first kappa shape index (κ1) is 23.5. The summed E-state index contributed by atoms with van der Waals surface area (Å²) in [6, 6.07) is -0.445. The van der Waals surface area contributed by atoms with Crippen molar-refractivity contribution in [2.24, 2.45) is 17.8 Å². The van der Waals surface area contributed by atoms with Crippen LogP contribution in [0.5, 0.6) is 0 Å². The first-order valence-electron chi connectivity index (χ1n) is 13.8. The Kier molecular flexibility index (Phi) is 6.36. The molecule has 3 saturated heterocycles. The molecule has 0 aromatic rings. The molecule has 3 heterocycles. The largest absolute Gasteiger partial charge is 0.405 e. The molecular weight excluding hydrogens is 443 g/mol. The van der Waals surface area contributed by atoms with Crippen molar-refractivity contribution >= 4 is 5.91 Å². The highest BCUT2D eigenvalue weighted by molar-refractivity contribution is 5.82. The number of hydrogen-bond acceptors (Lipinski definition) is 5. The maximum Gasteiger partial charge on any atom is 0.405 e. The first-order valence-corrected chi connectivity index (χ1v) is 13.8. The monoisotopic (exact) mass is 483 g/mol. The number of likely N-dealkylation sites (tertiary alicyclic amines) is 1. The van der Waals surface area contributed by atoms with Crippen molar-refractivity contribution in [2.45, 2.75) is 126 Å². The Hall–Kier alpha value is -0.900. The van der Waals surface area contributed by atoms with Crippen LogP contribution in [0.25, 0.3) is 0 Å². The highest BCUT2D eigenvalue weighted by Crippen LogP contribution is 2.47. The topological polar surface area (TPSA) is 59.6 Å². The van der Waals surface area contributed by atoms with Crippen molar-refractivity contribution < 1.29 is 18.0 Å². The zero-order valence-electron chi connectivity index (χ0n) is 20.0.